The summed E-state index contributed by atoms with van der Waals surface area (Å²) < 4.78 is 1.74. The first kappa shape index (κ1) is 14.5. The molecule has 1 aliphatic heterocycles. The first-order valence-electron chi connectivity index (χ1n) is 7.28. The van der Waals surface area contributed by atoms with Gasteiger partial charge < -0.3 is 10.6 Å². The maximum absolute atomic E-state index is 11.9. The molecule has 0 aromatic carbocycles. The second-order valence-electron chi connectivity index (χ2n) is 5.89. The monoisotopic (exact) mass is 300 g/mol. The van der Waals surface area contributed by atoms with Crippen molar-refractivity contribution < 1.29 is 4.79 Å². The van der Waals surface area contributed by atoms with Gasteiger partial charge in [0.1, 0.15) is 5.82 Å². The smallest absolute Gasteiger partial charge is 0.223 e. The van der Waals surface area contributed by atoms with Crippen LogP contribution in [0.4, 0.5) is 5.82 Å². The summed E-state index contributed by atoms with van der Waals surface area (Å²) >= 11 is 0. The summed E-state index contributed by atoms with van der Waals surface area (Å²) in [4.78, 5) is 22.9. The van der Waals surface area contributed by atoms with E-state index in [1.807, 2.05) is 27.1 Å². The van der Waals surface area contributed by atoms with Crippen LogP contribution < -0.4 is 10.6 Å². The van der Waals surface area contributed by atoms with Crippen LogP contribution >= 0.6 is 0 Å². The summed E-state index contributed by atoms with van der Waals surface area (Å²) in [6.45, 7) is 5.10. The van der Waals surface area contributed by atoms with Crippen LogP contribution in [0.15, 0.2) is 18.6 Å². The number of aryl methyl sites for hydroxylation is 3. The van der Waals surface area contributed by atoms with E-state index < -0.39 is 0 Å². The van der Waals surface area contributed by atoms with E-state index in [2.05, 4.69) is 20.0 Å². The zero-order valence-electron chi connectivity index (χ0n) is 13.0. The third-order valence-electron chi connectivity index (χ3n) is 4.19. The zero-order chi connectivity index (χ0) is 15.9. The molecule has 22 heavy (non-hydrogen) atoms. The highest BCUT2D eigenvalue weighted by atomic mass is 16.1. The van der Waals surface area contributed by atoms with Gasteiger partial charge in [0.2, 0.25) is 5.91 Å². The predicted octanol–water partition coefficient (Wildman–Crippen LogP) is 0.532. The van der Waals surface area contributed by atoms with Crippen LogP contribution in [0.5, 0.6) is 0 Å². The molecule has 0 aliphatic carbocycles. The number of hydrogen-bond donors (Lipinski definition) is 1. The van der Waals surface area contributed by atoms with Gasteiger partial charge in [-0.05, 0) is 19.4 Å². The van der Waals surface area contributed by atoms with Gasteiger partial charge in [0.15, 0.2) is 0 Å². The Morgan fingerprint density at radius 2 is 2.09 bits per heavy atom. The second kappa shape index (κ2) is 5.40. The van der Waals surface area contributed by atoms with Gasteiger partial charge in [-0.3, -0.25) is 14.5 Å². The van der Waals surface area contributed by atoms with Gasteiger partial charge >= 0.3 is 0 Å². The maximum Gasteiger partial charge on any atom is 0.223 e. The van der Waals surface area contributed by atoms with Crippen molar-refractivity contribution in [3.63, 3.8) is 0 Å². The van der Waals surface area contributed by atoms with E-state index in [1.54, 1.807) is 17.1 Å². The quantitative estimate of drug-likeness (QED) is 0.893. The molecule has 0 saturated carbocycles. The molecule has 0 bridgehead atoms. The highest BCUT2D eigenvalue weighted by Gasteiger charge is 2.39. The number of carbonyl (C=O) groups is 1. The molecular weight excluding hydrogens is 280 g/mol. The number of nitrogens with two attached hydrogens (primary N) is 1. The zero-order valence-corrected chi connectivity index (χ0v) is 13.0. The molecular formula is C15H20N6O. The number of aromatic nitrogens is 4. The average molecular weight is 300 g/mol. The Kier molecular flexibility index (Phi) is 3.56. The lowest BCUT2D eigenvalue weighted by atomic mass is 9.90. The van der Waals surface area contributed by atoms with Gasteiger partial charge in [-0.15, -0.1) is 0 Å². The van der Waals surface area contributed by atoms with Crippen LogP contribution in [0.3, 0.4) is 0 Å². The Hall–Kier alpha value is -2.44. The van der Waals surface area contributed by atoms with Gasteiger partial charge in [0.25, 0.3) is 0 Å². The highest BCUT2D eigenvalue weighted by Crippen LogP contribution is 2.35. The van der Waals surface area contributed by atoms with Gasteiger partial charge in [0.05, 0.1) is 23.5 Å². The number of hydrogen-bond acceptors (Lipinski definition) is 5. The predicted molar refractivity (Wildman–Crippen MR) is 82.4 cm³/mol. The summed E-state index contributed by atoms with van der Waals surface area (Å²) in [5.41, 5.74) is 8.37. The summed E-state index contributed by atoms with van der Waals surface area (Å²) in [6, 6.07) is 0. The Labute approximate surface area is 129 Å². The fourth-order valence-electron chi connectivity index (χ4n) is 3.06. The Balaban J connectivity index is 1.93. The van der Waals surface area contributed by atoms with Crippen LogP contribution in [0.25, 0.3) is 0 Å². The van der Waals surface area contributed by atoms with Gasteiger partial charge in [-0.25, -0.2) is 4.98 Å². The molecule has 116 valence electrons. The van der Waals surface area contributed by atoms with Gasteiger partial charge in [0, 0.05) is 38.4 Å². The van der Waals surface area contributed by atoms with Crippen LogP contribution in [-0.2, 0) is 11.8 Å². The molecule has 2 aromatic heterocycles. The Morgan fingerprint density at radius 3 is 2.73 bits per heavy atom. The van der Waals surface area contributed by atoms with Crippen molar-refractivity contribution in [3.8, 4) is 0 Å². The fraction of sp³-hybridized carbons (Fsp3) is 0.467. The molecule has 3 rings (SSSR count). The van der Waals surface area contributed by atoms with E-state index in [0.717, 1.165) is 22.8 Å². The van der Waals surface area contributed by atoms with Gasteiger partial charge in [-0.2, -0.15) is 5.10 Å². The molecule has 1 fully saturated rings. The molecule has 1 saturated heterocycles. The lowest BCUT2D eigenvalue weighted by molar-refractivity contribution is -0.121. The number of anilines is 1. The molecule has 2 N–H and O–H groups in total. The summed E-state index contributed by atoms with van der Waals surface area (Å²) in [5.74, 6) is 0.339. The molecule has 1 aliphatic rings. The molecule has 0 unspecified atom stereocenters. The summed E-state index contributed by atoms with van der Waals surface area (Å²) in [7, 11) is 1.87. The van der Waals surface area contributed by atoms with Crippen LogP contribution in [0.2, 0.25) is 0 Å². The molecule has 7 nitrogen and oxygen atoms in total. The van der Waals surface area contributed by atoms with Crippen molar-refractivity contribution in [2.24, 2.45) is 18.7 Å². The van der Waals surface area contributed by atoms with E-state index in [1.165, 1.54) is 0 Å². The third kappa shape index (κ3) is 2.54. The SMILES string of the molecule is Cc1cnc(C)c(N2C[C@H](C(N)=O)[C@@H](c3cnn(C)c3)C2)n1. The molecule has 2 aromatic rings. The molecule has 7 heteroatoms. The number of primary amides is 1. The molecule has 0 radical (unpaired) electrons. The van der Waals surface area contributed by atoms with E-state index >= 15 is 0 Å². The lowest BCUT2D eigenvalue weighted by Crippen LogP contribution is -2.29. The summed E-state index contributed by atoms with van der Waals surface area (Å²) in [5, 5.41) is 4.20. The van der Waals surface area contributed by atoms with Crippen molar-refractivity contribution in [1.29, 1.82) is 0 Å². The van der Waals surface area contributed by atoms with Crippen molar-refractivity contribution in [2.45, 2.75) is 19.8 Å². The van der Waals surface area contributed by atoms with Crippen LogP contribution in [0.1, 0.15) is 22.9 Å². The van der Waals surface area contributed by atoms with E-state index in [9.17, 15) is 4.79 Å². The standard InChI is InChI=1S/C15H20N6O/c1-9-4-17-10(2)15(19-9)21-7-12(13(8-21)14(16)22)11-5-18-20(3)6-11/h4-6,12-13H,7-8H2,1-3H3,(H2,16,22)/t12-,13+/m1/s1. The van der Waals surface area contributed by atoms with E-state index in [-0.39, 0.29) is 17.7 Å². The van der Waals surface area contributed by atoms with E-state index in [4.69, 9.17) is 5.73 Å². The summed E-state index contributed by atoms with van der Waals surface area (Å²) in [6.07, 6.45) is 5.50. The molecule has 2 atom stereocenters. The van der Waals surface area contributed by atoms with Crippen LogP contribution in [-0.4, -0.2) is 38.7 Å². The third-order valence-corrected chi connectivity index (χ3v) is 4.19. The minimum atomic E-state index is -0.283. The highest BCUT2D eigenvalue weighted by molar-refractivity contribution is 5.79. The largest absolute Gasteiger partial charge is 0.369 e. The van der Waals surface area contributed by atoms with Crippen molar-refractivity contribution >= 4 is 11.7 Å². The number of carbonyl (C=O) groups excluding carboxylic acids is 1. The average Bonchev–Trinajstić information content (AvgIpc) is 3.07. The first-order chi connectivity index (χ1) is 10.5. The maximum atomic E-state index is 11.9. The number of rotatable bonds is 3. The van der Waals surface area contributed by atoms with Crippen molar-refractivity contribution in [3.05, 3.63) is 35.5 Å². The number of nitrogens with zero attached hydrogens (tertiary/aromatic N) is 5. The number of amides is 1. The van der Waals surface area contributed by atoms with E-state index in [0.29, 0.717) is 13.1 Å². The normalized spacial score (nSPS) is 21.3. The molecule has 1 amide bonds. The Bertz CT molecular complexity index is 710. The van der Waals surface area contributed by atoms with Crippen LogP contribution in [0, 0.1) is 19.8 Å². The van der Waals surface area contributed by atoms with Gasteiger partial charge in [-0.1, -0.05) is 0 Å². The van der Waals surface area contributed by atoms with Crippen molar-refractivity contribution in [1.82, 2.24) is 19.7 Å². The second-order valence-corrected chi connectivity index (χ2v) is 5.89. The molecule has 0 spiro atoms. The minimum Gasteiger partial charge on any atom is -0.369 e. The Morgan fingerprint density at radius 1 is 1.32 bits per heavy atom. The first-order valence-corrected chi connectivity index (χ1v) is 7.28. The lowest BCUT2D eigenvalue weighted by Gasteiger charge is -2.19. The minimum absolute atomic E-state index is 0.0351. The van der Waals surface area contributed by atoms with Crippen molar-refractivity contribution in [2.75, 3.05) is 18.0 Å². The fourth-order valence-corrected chi connectivity index (χ4v) is 3.06. The topological polar surface area (TPSA) is 89.9 Å². The molecule has 3 heterocycles.